The number of carbonyl (C=O) groups is 2. The summed E-state index contributed by atoms with van der Waals surface area (Å²) in [5.41, 5.74) is 4.72. The van der Waals surface area contributed by atoms with Crippen LogP contribution in [0.1, 0.15) is 27.2 Å². The van der Waals surface area contributed by atoms with Gasteiger partial charge in [0.05, 0.1) is 6.54 Å². The number of carbonyl (C=O) groups excluding carboxylic acids is 2. The molecule has 32 heavy (non-hydrogen) atoms. The normalized spacial score (nSPS) is 14.7. The van der Waals surface area contributed by atoms with Crippen molar-refractivity contribution in [2.75, 3.05) is 44.3 Å². The SMILES string of the molecule is CSCc1c(C(=O)N2CCN(CC(=O)Nc3c(C)cccc3C)CC2)oc2ccccc12. The van der Waals surface area contributed by atoms with E-state index >= 15 is 0 Å². The van der Waals surface area contributed by atoms with Gasteiger partial charge in [-0.2, -0.15) is 11.8 Å². The highest BCUT2D eigenvalue weighted by atomic mass is 32.2. The van der Waals surface area contributed by atoms with E-state index < -0.39 is 0 Å². The summed E-state index contributed by atoms with van der Waals surface area (Å²) in [6.07, 6.45) is 2.03. The number of amides is 2. The van der Waals surface area contributed by atoms with Gasteiger partial charge in [-0.05, 0) is 37.3 Å². The Morgan fingerprint density at radius 1 is 1.00 bits per heavy atom. The zero-order valence-corrected chi connectivity index (χ0v) is 19.6. The predicted molar refractivity (Wildman–Crippen MR) is 130 cm³/mol. The van der Waals surface area contributed by atoms with Crippen LogP contribution in [0.25, 0.3) is 11.0 Å². The van der Waals surface area contributed by atoms with Gasteiger partial charge in [0, 0.05) is 48.6 Å². The minimum absolute atomic E-state index is 0.0262. The fourth-order valence-corrected chi connectivity index (χ4v) is 4.78. The van der Waals surface area contributed by atoms with Gasteiger partial charge in [0.15, 0.2) is 5.76 Å². The molecule has 1 aliphatic rings. The van der Waals surface area contributed by atoms with Crippen LogP contribution in [0.4, 0.5) is 5.69 Å². The van der Waals surface area contributed by atoms with Crippen molar-refractivity contribution in [2.24, 2.45) is 0 Å². The first-order valence-corrected chi connectivity index (χ1v) is 12.2. The third kappa shape index (κ3) is 4.69. The largest absolute Gasteiger partial charge is 0.451 e. The van der Waals surface area contributed by atoms with E-state index in [0.717, 1.165) is 39.1 Å². The number of hydrogen-bond donors (Lipinski definition) is 1. The number of piperazine rings is 1. The molecule has 2 aromatic carbocycles. The zero-order chi connectivity index (χ0) is 22.7. The topological polar surface area (TPSA) is 65.8 Å². The Balaban J connectivity index is 1.38. The number of thioether (sulfide) groups is 1. The van der Waals surface area contributed by atoms with Crippen molar-refractivity contribution in [3.8, 4) is 0 Å². The van der Waals surface area contributed by atoms with E-state index in [4.69, 9.17) is 4.42 Å². The summed E-state index contributed by atoms with van der Waals surface area (Å²) >= 11 is 1.68. The van der Waals surface area contributed by atoms with Crippen LogP contribution in [0.2, 0.25) is 0 Å². The lowest BCUT2D eigenvalue weighted by atomic mass is 10.1. The van der Waals surface area contributed by atoms with Gasteiger partial charge in [-0.15, -0.1) is 0 Å². The quantitative estimate of drug-likeness (QED) is 0.605. The standard InChI is InChI=1S/C25H29N3O3S/c1-17-7-6-8-18(2)23(17)26-22(29)15-27-11-13-28(14-12-27)25(30)24-20(16-32-3)19-9-4-5-10-21(19)31-24/h4-10H,11-16H2,1-3H3,(H,26,29). The summed E-state index contributed by atoms with van der Waals surface area (Å²) in [5, 5.41) is 4.05. The van der Waals surface area contributed by atoms with E-state index in [1.807, 2.05) is 67.5 Å². The van der Waals surface area contributed by atoms with Crippen LogP contribution >= 0.6 is 11.8 Å². The van der Waals surface area contributed by atoms with Crippen molar-refractivity contribution in [2.45, 2.75) is 19.6 Å². The summed E-state index contributed by atoms with van der Waals surface area (Å²) in [7, 11) is 0. The van der Waals surface area contributed by atoms with Crippen molar-refractivity contribution in [1.82, 2.24) is 9.80 Å². The lowest BCUT2D eigenvalue weighted by Gasteiger charge is -2.34. The van der Waals surface area contributed by atoms with E-state index in [9.17, 15) is 9.59 Å². The lowest BCUT2D eigenvalue weighted by Crippen LogP contribution is -2.50. The first-order chi connectivity index (χ1) is 15.5. The van der Waals surface area contributed by atoms with Crippen molar-refractivity contribution in [1.29, 1.82) is 0 Å². The lowest BCUT2D eigenvalue weighted by molar-refractivity contribution is -0.117. The molecule has 1 aromatic heterocycles. The number of benzene rings is 2. The number of para-hydroxylation sites is 2. The smallest absolute Gasteiger partial charge is 0.290 e. The van der Waals surface area contributed by atoms with Crippen LogP contribution in [0.5, 0.6) is 0 Å². The predicted octanol–water partition coefficient (Wildman–Crippen LogP) is 4.31. The first-order valence-electron chi connectivity index (χ1n) is 10.8. The molecule has 0 aliphatic carbocycles. The summed E-state index contributed by atoms with van der Waals surface area (Å²) in [6.45, 7) is 6.77. The molecular weight excluding hydrogens is 422 g/mol. The summed E-state index contributed by atoms with van der Waals surface area (Å²) in [4.78, 5) is 29.7. The summed E-state index contributed by atoms with van der Waals surface area (Å²) in [6, 6.07) is 13.8. The second-order valence-electron chi connectivity index (χ2n) is 8.22. The molecule has 1 saturated heterocycles. The van der Waals surface area contributed by atoms with Crippen LogP contribution in [0.3, 0.4) is 0 Å². The highest BCUT2D eigenvalue weighted by Crippen LogP contribution is 2.30. The molecule has 6 nitrogen and oxygen atoms in total. The molecule has 0 atom stereocenters. The Kier molecular flexibility index (Phi) is 6.86. The maximum absolute atomic E-state index is 13.2. The molecule has 0 radical (unpaired) electrons. The molecule has 1 aliphatic heterocycles. The van der Waals surface area contributed by atoms with Crippen LogP contribution in [-0.2, 0) is 10.5 Å². The zero-order valence-electron chi connectivity index (χ0n) is 18.8. The molecule has 2 heterocycles. The molecule has 0 unspecified atom stereocenters. The van der Waals surface area contributed by atoms with Gasteiger partial charge in [0.25, 0.3) is 5.91 Å². The number of fused-ring (bicyclic) bond motifs is 1. The van der Waals surface area contributed by atoms with Crippen LogP contribution in [0, 0.1) is 13.8 Å². The number of nitrogens with zero attached hydrogens (tertiary/aromatic N) is 2. The molecule has 3 aromatic rings. The van der Waals surface area contributed by atoms with Crippen LogP contribution in [-0.4, -0.2) is 60.6 Å². The Labute approximate surface area is 192 Å². The summed E-state index contributed by atoms with van der Waals surface area (Å²) < 4.78 is 5.96. The third-order valence-electron chi connectivity index (χ3n) is 5.95. The molecule has 1 fully saturated rings. The van der Waals surface area contributed by atoms with Gasteiger partial charge < -0.3 is 14.6 Å². The average Bonchev–Trinajstić information content (AvgIpc) is 3.15. The van der Waals surface area contributed by atoms with Crippen LogP contribution in [0.15, 0.2) is 46.9 Å². The number of aryl methyl sites for hydroxylation is 2. The maximum Gasteiger partial charge on any atom is 0.290 e. The highest BCUT2D eigenvalue weighted by Gasteiger charge is 2.28. The van der Waals surface area contributed by atoms with E-state index in [-0.39, 0.29) is 11.8 Å². The number of nitrogens with one attached hydrogen (secondary N) is 1. The van der Waals surface area contributed by atoms with E-state index in [1.54, 1.807) is 11.8 Å². The first kappa shape index (κ1) is 22.4. The number of hydrogen-bond acceptors (Lipinski definition) is 5. The number of rotatable bonds is 6. The van der Waals surface area contributed by atoms with Gasteiger partial charge >= 0.3 is 0 Å². The van der Waals surface area contributed by atoms with E-state index in [1.165, 1.54) is 0 Å². The molecule has 1 N–H and O–H groups in total. The van der Waals surface area contributed by atoms with Crippen LogP contribution < -0.4 is 5.32 Å². The third-order valence-corrected chi connectivity index (χ3v) is 6.53. The monoisotopic (exact) mass is 451 g/mol. The van der Waals surface area contributed by atoms with Crippen molar-refractivity contribution in [3.05, 3.63) is 64.9 Å². The van der Waals surface area contributed by atoms with Crippen molar-refractivity contribution in [3.63, 3.8) is 0 Å². The minimum Gasteiger partial charge on any atom is -0.451 e. The van der Waals surface area contributed by atoms with Gasteiger partial charge in [-0.3, -0.25) is 14.5 Å². The molecule has 0 spiro atoms. The van der Waals surface area contributed by atoms with Gasteiger partial charge in [0.2, 0.25) is 5.91 Å². The molecule has 4 rings (SSSR count). The fourth-order valence-electron chi connectivity index (χ4n) is 4.21. The Hall–Kier alpha value is -2.77. The summed E-state index contributed by atoms with van der Waals surface area (Å²) in [5.74, 6) is 1.09. The van der Waals surface area contributed by atoms with E-state index in [0.29, 0.717) is 38.5 Å². The van der Waals surface area contributed by atoms with Gasteiger partial charge in [0.1, 0.15) is 5.58 Å². The highest BCUT2D eigenvalue weighted by molar-refractivity contribution is 7.97. The van der Waals surface area contributed by atoms with Gasteiger partial charge in [-0.1, -0.05) is 36.4 Å². The molecule has 168 valence electrons. The number of furan rings is 1. The molecular formula is C25H29N3O3S. The molecule has 0 saturated carbocycles. The second kappa shape index (κ2) is 9.79. The number of anilines is 1. The Bertz CT molecular complexity index is 1110. The van der Waals surface area contributed by atoms with Crippen molar-refractivity contribution >= 4 is 40.2 Å². The molecule has 7 heteroatoms. The van der Waals surface area contributed by atoms with E-state index in [2.05, 4.69) is 10.2 Å². The Morgan fingerprint density at radius 3 is 2.38 bits per heavy atom. The fraction of sp³-hybridized carbons (Fsp3) is 0.360. The van der Waals surface area contributed by atoms with Gasteiger partial charge in [-0.25, -0.2) is 0 Å². The second-order valence-corrected chi connectivity index (χ2v) is 9.09. The molecule has 2 amide bonds. The Morgan fingerprint density at radius 2 is 1.69 bits per heavy atom. The van der Waals surface area contributed by atoms with Crippen molar-refractivity contribution < 1.29 is 14.0 Å². The maximum atomic E-state index is 13.2. The minimum atomic E-state index is -0.0649. The average molecular weight is 452 g/mol. The molecule has 0 bridgehead atoms.